The van der Waals surface area contributed by atoms with Crippen LogP contribution >= 0.6 is 0 Å². The highest BCUT2D eigenvalue weighted by Gasteiger charge is 2.21. The molecule has 3 rings (SSSR count). The maximum Gasteiger partial charge on any atom is 0.225 e. The first-order valence-corrected chi connectivity index (χ1v) is 9.05. The molecule has 7 nitrogen and oxygen atoms in total. The van der Waals surface area contributed by atoms with Crippen LogP contribution in [0.25, 0.3) is 0 Å². The predicted octanol–water partition coefficient (Wildman–Crippen LogP) is 0.105. The van der Waals surface area contributed by atoms with Crippen molar-refractivity contribution in [3.8, 4) is 0 Å². The molecule has 2 N–H and O–H groups in total. The summed E-state index contributed by atoms with van der Waals surface area (Å²) >= 11 is 0. The molecule has 1 aromatic rings. The summed E-state index contributed by atoms with van der Waals surface area (Å²) in [5, 5.41) is 6.40. The summed E-state index contributed by atoms with van der Waals surface area (Å²) in [6.45, 7) is 7.74. The number of amides is 1. The first kappa shape index (κ1) is 17.1. The molecule has 0 aromatic carbocycles. The summed E-state index contributed by atoms with van der Waals surface area (Å²) in [6, 6.07) is 1.85. The van der Waals surface area contributed by atoms with Gasteiger partial charge in [-0.1, -0.05) is 0 Å². The third kappa shape index (κ3) is 4.88. The van der Waals surface area contributed by atoms with Gasteiger partial charge in [0.25, 0.3) is 0 Å². The topological polar surface area (TPSA) is 73.4 Å². The Morgan fingerprint density at radius 1 is 1.17 bits per heavy atom. The van der Waals surface area contributed by atoms with Crippen LogP contribution in [0, 0.1) is 5.92 Å². The number of rotatable bonds is 6. The van der Waals surface area contributed by atoms with Gasteiger partial charge in [-0.3, -0.25) is 9.69 Å². The summed E-state index contributed by atoms with van der Waals surface area (Å²) < 4.78 is 0. The van der Waals surface area contributed by atoms with E-state index in [0.29, 0.717) is 0 Å². The van der Waals surface area contributed by atoms with E-state index in [1.54, 1.807) is 12.4 Å². The molecule has 2 saturated heterocycles. The molecule has 2 fully saturated rings. The van der Waals surface area contributed by atoms with Crippen molar-refractivity contribution in [3.05, 3.63) is 18.5 Å². The normalized spacial score (nSPS) is 20.1. The Labute approximate surface area is 143 Å². The molecule has 1 amide bonds. The number of anilines is 1. The molecule has 7 heteroatoms. The smallest absolute Gasteiger partial charge is 0.225 e. The number of piperidine rings is 1. The molecule has 0 unspecified atom stereocenters. The zero-order valence-electron chi connectivity index (χ0n) is 14.3. The minimum atomic E-state index is 0.209. The monoisotopic (exact) mass is 332 g/mol. The summed E-state index contributed by atoms with van der Waals surface area (Å²) in [5.74, 6) is 1.27. The van der Waals surface area contributed by atoms with Crippen molar-refractivity contribution >= 4 is 11.9 Å². The van der Waals surface area contributed by atoms with Crippen LogP contribution in [-0.4, -0.2) is 73.1 Å². The molecule has 2 aliphatic heterocycles. The number of aromatic nitrogens is 2. The number of nitrogens with one attached hydrogen (secondary N) is 2. The van der Waals surface area contributed by atoms with Crippen molar-refractivity contribution in [3.63, 3.8) is 0 Å². The van der Waals surface area contributed by atoms with E-state index in [0.717, 1.165) is 77.6 Å². The van der Waals surface area contributed by atoms with E-state index >= 15 is 0 Å². The van der Waals surface area contributed by atoms with Gasteiger partial charge in [0.1, 0.15) is 0 Å². The second-order valence-electron chi connectivity index (χ2n) is 6.55. The lowest BCUT2D eigenvalue weighted by Crippen LogP contribution is -2.47. The van der Waals surface area contributed by atoms with Crippen LogP contribution < -0.4 is 15.5 Å². The van der Waals surface area contributed by atoms with Crippen LogP contribution in [0.5, 0.6) is 0 Å². The summed E-state index contributed by atoms with van der Waals surface area (Å²) in [6.07, 6.45) is 6.53. The molecule has 0 radical (unpaired) electrons. The molecule has 0 bridgehead atoms. The predicted molar refractivity (Wildman–Crippen MR) is 93.9 cm³/mol. The van der Waals surface area contributed by atoms with Crippen LogP contribution in [0.3, 0.4) is 0 Å². The van der Waals surface area contributed by atoms with Gasteiger partial charge in [0.15, 0.2) is 0 Å². The average molecular weight is 332 g/mol. The zero-order chi connectivity index (χ0) is 16.6. The van der Waals surface area contributed by atoms with Gasteiger partial charge in [-0.15, -0.1) is 0 Å². The van der Waals surface area contributed by atoms with E-state index < -0.39 is 0 Å². The van der Waals surface area contributed by atoms with Crippen molar-refractivity contribution in [2.45, 2.75) is 19.3 Å². The van der Waals surface area contributed by atoms with Crippen molar-refractivity contribution in [2.75, 3.05) is 57.3 Å². The van der Waals surface area contributed by atoms with Gasteiger partial charge in [-0.25, -0.2) is 9.97 Å². The zero-order valence-corrected chi connectivity index (χ0v) is 14.3. The molecule has 0 saturated carbocycles. The summed E-state index contributed by atoms with van der Waals surface area (Å²) in [4.78, 5) is 25.4. The summed E-state index contributed by atoms with van der Waals surface area (Å²) in [5.41, 5.74) is 0. The molecular formula is C17H28N6O. The van der Waals surface area contributed by atoms with Gasteiger partial charge >= 0.3 is 0 Å². The highest BCUT2D eigenvalue weighted by atomic mass is 16.1. The van der Waals surface area contributed by atoms with Crippen LogP contribution in [0.1, 0.15) is 19.3 Å². The standard InChI is InChI=1S/C17H28N6O/c24-16(15-3-8-18-9-4-15)19-7-2-10-22-11-13-23(14-12-22)17-20-5-1-6-21-17/h1,5-6,15,18H,2-4,7-14H2,(H,19,24). The molecule has 3 heterocycles. The van der Waals surface area contributed by atoms with E-state index in [9.17, 15) is 4.79 Å². The number of hydrogen-bond acceptors (Lipinski definition) is 6. The summed E-state index contributed by atoms with van der Waals surface area (Å²) in [7, 11) is 0. The fraction of sp³-hybridized carbons (Fsp3) is 0.706. The van der Waals surface area contributed by atoms with Gasteiger partial charge in [0, 0.05) is 51.0 Å². The van der Waals surface area contributed by atoms with Crippen molar-refractivity contribution in [1.29, 1.82) is 0 Å². The van der Waals surface area contributed by atoms with Gasteiger partial charge in [-0.05, 0) is 45.0 Å². The Morgan fingerprint density at radius 3 is 2.58 bits per heavy atom. The average Bonchev–Trinajstić information content (AvgIpc) is 2.67. The van der Waals surface area contributed by atoms with Gasteiger partial charge < -0.3 is 15.5 Å². The first-order chi connectivity index (χ1) is 11.8. The number of hydrogen-bond donors (Lipinski definition) is 2. The van der Waals surface area contributed by atoms with Gasteiger partial charge in [0.05, 0.1) is 0 Å². The lowest BCUT2D eigenvalue weighted by atomic mass is 9.97. The minimum absolute atomic E-state index is 0.209. The maximum atomic E-state index is 12.1. The van der Waals surface area contributed by atoms with Crippen LogP contribution in [0.15, 0.2) is 18.5 Å². The Bertz CT molecular complexity index is 497. The SMILES string of the molecule is O=C(NCCCN1CCN(c2ncccn2)CC1)C1CCNCC1. The second-order valence-corrected chi connectivity index (χ2v) is 6.55. The molecule has 0 atom stereocenters. The lowest BCUT2D eigenvalue weighted by molar-refractivity contribution is -0.125. The van der Waals surface area contributed by atoms with E-state index in [1.807, 2.05) is 6.07 Å². The molecule has 0 spiro atoms. The molecule has 24 heavy (non-hydrogen) atoms. The highest BCUT2D eigenvalue weighted by Crippen LogP contribution is 2.12. The molecule has 0 aliphatic carbocycles. The van der Waals surface area contributed by atoms with E-state index in [-0.39, 0.29) is 11.8 Å². The quantitative estimate of drug-likeness (QED) is 0.720. The van der Waals surface area contributed by atoms with Crippen LogP contribution in [0.4, 0.5) is 5.95 Å². The molecule has 2 aliphatic rings. The number of piperazine rings is 1. The fourth-order valence-electron chi connectivity index (χ4n) is 3.37. The number of nitrogens with zero attached hydrogens (tertiary/aromatic N) is 4. The van der Waals surface area contributed by atoms with Crippen molar-refractivity contribution in [2.24, 2.45) is 5.92 Å². The Balaban J connectivity index is 1.29. The van der Waals surface area contributed by atoms with Crippen molar-refractivity contribution in [1.82, 2.24) is 25.5 Å². The third-order valence-corrected chi connectivity index (χ3v) is 4.87. The van der Waals surface area contributed by atoms with E-state index in [1.165, 1.54) is 0 Å². The van der Waals surface area contributed by atoms with Gasteiger partial charge in [-0.2, -0.15) is 0 Å². The highest BCUT2D eigenvalue weighted by molar-refractivity contribution is 5.78. The van der Waals surface area contributed by atoms with E-state index in [4.69, 9.17) is 0 Å². The number of carbonyl (C=O) groups is 1. The third-order valence-electron chi connectivity index (χ3n) is 4.87. The van der Waals surface area contributed by atoms with Crippen LogP contribution in [-0.2, 0) is 4.79 Å². The Kier molecular flexibility index (Phi) is 6.37. The van der Waals surface area contributed by atoms with Crippen LogP contribution in [0.2, 0.25) is 0 Å². The second kappa shape index (κ2) is 8.94. The Morgan fingerprint density at radius 2 is 1.88 bits per heavy atom. The molecular weight excluding hydrogens is 304 g/mol. The molecule has 1 aromatic heterocycles. The largest absolute Gasteiger partial charge is 0.356 e. The minimum Gasteiger partial charge on any atom is -0.356 e. The number of carbonyl (C=O) groups excluding carboxylic acids is 1. The molecule has 132 valence electrons. The first-order valence-electron chi connectivity index (χ1n) is 9.05. The maximum absolute atomic E-state index is 12.1. The lowest BCUT2D eigenvalue weighted by Gasteiger charge is -2.34. The Hall–Kier alpha value is -1.73. The van der Waals surface area contributed by atoms with Crippen molar-refractivity contribution < 1.29 is 4.79 Å². The fourth-order valence-corrected chi connectivity index (χ4v) is 3.37. The van der Waals surface area contributed by atoms with Gasteiger partial charge in [0.2, 0.25) is 11.9 Å². The van der Waals surface area contributed by atoms with E-state index in [2.05, 4.69) is 30.4 Å².